The monoisotopic (exact) mass is 402 g/mol. The molecule has 2 aromatic heterocycles. The van der Waals surface area contributed by atoms with Crippen LogP contribution in [0.1, 0.15) is 22.4 Å². The Morgan fingerprint density at radius 1 is 1.48 bits per heavy atom. The second kappa shape index (κ2) is 8.26. The van der Waals surface area contributed by atoms with Crippen LogP contribution in [0.3, 0.4) is 0 Å². The van der Waals surface area contributed by atoms with Crippen molar-refractivity contribution >= 4 is 17.3 Å². The first-order valence-corrected chi connectivity index (χ1v) is 9.32. The summed E-state index contributed by atoms with van der Waals surface area (Å²) >= 11 is 1.02. The van der Waals surface area contributed by atoms with E-state index in [0.29, 0.717) is 43.6 Å². The van der Waals surface area contributed by atoms with Crippen molar-refractivity contribution < 1.29 is 17.9 Å². The molecule has 3 heterocycles. The highest BCUT2D eigenvalue weighted by molar-refractivity contribution is 7.09. The van der Waals surface area contributed by atoms with Gasteiger partial charge in [0.25, 0.3) is 0 Å². The number of hydrogen-bond donors (Lipinski definition) is 1. The van der Waals surface area contributed by atoms with Gasteiger partial charge < -0.3 is 15.0 Å². The summed E-state index contributed by atoms with van der Waals surface area (Å²) in [6.07, 6.45) is -0.390. The van der Waals surface area contributed by atoms with E-state index in [1.807, 2.05) is 13.2 Å². The van der Waals surface area contributed by atoms with Crippen LogP contribution in [0.25, 0.3) is 0 Å². The van der Waals surface area contributed by atoms with Crippen molar-refractivity contribution in [2.45, 2.75) is 18.7 Å². The van der Waals surface area contributed by atoms with E-state index >= 15 is 0 Å². The van der Waals surface area contributed by atoms with Gasteiger partial charge in [-0.1, -0.05) is 0 Å². The number of aliphatic imine (C=N–C) groups is 1. The number of thiazole rings is 1. The lowest BCUT2D eigenvalue weighted by Gasteiger charge is -2.34. The molecule has 0 radical (unpaired) electrons. The first-order chi connectivity index (χ1) is 12.9. The van der Waals surface area contributed by atoms with Crippen molar-refractivity contribution in [3.05, 3.63) is 34.0 Å². The molecule has 7 nitrogen and oxygen atoms in total. The van der Waals surface area contributed by atoms with Gasteiger partial charge in [-0.3, -0.25) is 9.67 Å². The number of hydrogen-bond acceptors (Lipinski definition) is 5. The highest BCUT2D eigenvalue weighted by Gasteiger charge is 2.33. The fraction of sp³-hybridized carbons (Fsp3) is 0.562. The predicted octanol–water partition coefficient (Wildman–Crippen LogP) is 2.09. The van der Waals surface area contributed by atoms with Crippen molar-refractivity contribution in [3.8, 4) is 0 Å². The lowest BCUT2D eigenvalue weighted by atomic mass is 10.1. The minimum atomic E-state index is -4.40. The average Bonchev–Trinajstić information content (AvgIpc) is 3.28. The van der Waals surface area contributed by atoms with Gasteiger partial charge in [-0.25, -0.2) is 4.98 Å². The van der Waals surface area contributed by atoms with E-state index in [4.69, 9.17) is 4.74 Å². The number of alkyl halides is 3. The van der Waals surface area contributed by atoms with E-state index in [1.165, 1.54) is 0 Å². The Hall–Kier alpha value is -2.14. The Morgan fingerprint density at radius 3 is 2.93 bits per heavy atom. The zero-order valence-electron chi connectivity index (χ0n) is 15.0. The van der Waals surface area contributed by atoms with E-state index < -0.39 is 11.9 Å². The summed E-state index contributed by atoms with van der Waals surface area (Å²) in [5, 5.41) is 8.86. The van der Waals surface area contributed by atoms with Crippen LogP contribution in [0.4, 0.5) is 13.2 Å². The molecular formula is C16H21F3N6OS. The maximum absolute atomic E-state index is 12.6. The van der Waals surface area contributed by atoms with Crippen molar-refractivity contribution in [1.82, 2.24) is 25.0 Å². The fourth-order valence-electron chi connectivity index (χ4n) is 2.82. The zero-order chi connectivity index (χ0) is 19.4. The Kier molecular flexibility index (Phi) is 6.00. The predicted molar refractivity (Wildman–Crippen MR) is 95.7 cm³/mol. The molecule has 0 amide bonds. The van der Waals surface area contributed by atoms with Crippen LogP contribution in [0.2, 0.25) is 0 Å². The standard InChI is InChI=1S/C16H21F3N6OS/c1-20-15(21-4-3-14-23-13(10-27-14)16(17,18)19)25-5-6-26-12(9-25)11-7-22-24(2)8-11/h7-8,10,12H,3-6,9H2,1-2H3,(H,20,21). The second-order valence-corrected chi connectivity index (χ2v) is 7.04. The molecule has 11 heteroatoms. The Labute approximate surface area is 158 Å². The van der Waals surface area contributed by atoms with Crippen LogP contribution in [0, 0.1) is 0 Å². The van der Waals surface area contributed by atoms with Gasteiger partial charge in [0.05, 0.1) is 24.4 Å². The molecular weight excluding hydrogens is 381 g/mol. The molecule has 1 aliphatic heterocycles. The second-order valence-electron chi connectivity index (χ2n) is 6.10. The third-order valence-electron chi connectivity index (χ3n) is 4.14. The van der Waals surface area contributed by atoms with E-state index in [2.05, 4.69) is 25.3 Å². The maximum Gasteiger partial charge on any atom is 0.434 e. The van der Waals surface area contributed by atoms with Crippen molar-refractivity contribution in [2.24, 2.45) is 12.0 Å². The molecule has 1 N–H and O–H groups in total. The third-order valence-corrected chi connectivity index (χ3v) is 5.05. The minimum Gasteiger partial charge on any atom is -0.370 e. The van der Waals surface area contributed by atoms with E-state index in [9.17, 15) is 13.2 Å². The molecule has 1 fully saturated rings. The molecule has 1 aliphatic rings. The first kappa shape index (κ1) is 19.6. The largest absolute Gasteiger partial charge is 0.434 e. The first-order valence-electron chi connectivity index (χ1n) is 8.44. The van der Waals surface area contributed by atoms with E-state index in [-0.39, 0.29) is 6.10 Å². The molecule has 27 heavy (non-hydrogen) atoms. The third kappa shape index (κ3) is 4.98. The summed E-state index contributed by atoms with van der Waals surface area (Å²) in [5.41, 5.74) is 0.166. The van der Waals surface area contributed by atoms with Gasteiger partial charge >= 0.3 is 6.18 Å². The maximum atomic E-state index is 12.6. The Morgan fingerprint density at radius 2 is 2.30 bits per heavy atom. The Bertz CT molecular complexity index is 787. The number of nitrogens with zero attached hydrogens (tertiary/aromatic N) is 5. The molecule has 1 saturated heterocycles. The lowest BCUT2D eigenvalue weighted by Crippen LogP contribution is -2.48. The Balaban J connectivity index is 1.53. The summed E-state index contributed by atoms with van der Waals surface area (Å²) in [4.78, 5) is 9.99. The van der Waals surface area contributed by atoms with Gasteiger partial charge in [-0.2, -0.15) is 18.3 Å². The van der Waals surface area contributed by atoms with Crippen LogP contribution < -0.4 is 5.32 Å². The number of rotatable bonds is 4. The molecule has 3 rings (SSSR count). The normalized spacial score (nSPS) is 18.8. The van der Waals surface area contributed by atoms with Gasteiger partial charge in [-0.05, 0) is 0 Å². The zero-order valence-corrected chi connectivity index (χ0v) is 15.8. The molecule has 0 spiro atoms. The molecule has 0 aromatic carbocycles. The molecule has 0 saturated carbocycles. The number of ether oxygens (including phenoxy) is 1. The molecule has 148 valence electrons. The summed E-state index contributed by atoms with van der Waals surface area (Å²) in [5.74, 6) is 0.694. The summed E-state index contributed by atoms with van der Waals surface area (Å²) in [6.45, 7) is 2.32. The van der Waals surface area contributed by atoms with Gasteiger partial charge in [0, 0.05) is 50.7 Å². The SMILES string of the molecule is CN=C(NCCc1nc(C(F)(F)F)cs1)N1CCOC(c2cnn(C)c2)C1. The lowest BCUT2D eigenvalue weighted by molar-refractivity contribution is -0.140. The summed E-state index contributed by atoms with van der Waals surface area (Å²) in [6, 6.07) is 0. The quantitative estimate of drug-likeness (QED) is 0.627. The highest BCUT2D eigenvalue weighted by Crippen LogP contribution is 2.30. The summed E-state index contributed by atoms with van der Waals surface area (Å²) in [7, 11) is 3.54. The van der Waals surface area contributed by atoms with Crippen LogP contribution in [-0.2, 0) is 24.4 Å². The van der Waals surface area contributed by atoms with Crippen molar-refractivity contribution in [3.63, 3.8) is 0 Å². The molecule has 0 bridgehead atoms. The topological polar surface area (TPSA) is 67.6 Å². The number of aryl methyl sites for hydroxylation is 1. The fourth-order valence-corrected chi connectivity index (χ4v) is 3.62. The van der Waals surface area contributed by atoms with Crippen molar-refractivity contribution in [2.75, 3.05) is 33.3 Å². The van der Waals surface area contributed by atoms with E-state index in [0.717, 1.165) is 22.3 Å². The van der Waals surface area contributed by atoms with Crippen LogP contribution in [-0.4, -0.2) is 58.9 Å². The number of aromatic nitrogens is 3. The van der Waals surface area contributed by atoms with Gasteiger partial charge in [-0.15, -0.1) is 11.3 Å². The number of guanidine groups is 1. The molecule has 1 atom stereocenters. The minimum absolute atomic E-state index is 0.0979. The van der Waals surface area contributed by atoms with Crippen molar-refractivity contribution in [1.29, 1.82) is 0 Å². The summed E-state index contributed by atoms with van der Waals surface area (Å²) < 4.78 is 45.4. The number of nitrogens with one attached hydrogen (secondary N) is 1. The van der Waals surface area contributed by atoms with Crippen LogP contribution in [0.5, 0.6) is 0 Å². The number of halogens is 3. The number of morpholine rings is 1. The van der Waals surface area contributed by atoms with Gasteiger partial charge in [0.2, 0.25) is 0 Å². The van der Waals surface area contributed by atoms with Gasteiger partial charge in [0.15, 0.2) is 11.7 Å². The molecule has 2 aromatic rings. The molecule has 0 aliphatic carbocycles. The highest BCUT2D eigenvalue weighted by atomic mass is 32.1. The molecule has 1 unspecified atom stereocenters. The van der Waals surface area contributed by atoms with Gasteiger partial charge in [0.1, 0.15) is 6.10 Å². The van der Waals surface area contributed by atoms with Crippen LogP contribution >= 0.6 is 11.3 Å². The average molecular weight is 402 g/mol. The smallest absolute Gasteiger partial charge is 0.370 e. The van der Waals surface area contributed by atoms with Crippen LogP contribution in [0.15, 0.2) is 22.8 Å². The van der Waals surface area contributed by atoms with E-state index in [1.54, 1.807) is 17.9 Å².